The molecule has 134 valence electrons. The van der Waals surface area contributed by atoms with Crippen molar-refractivity contribution in [1.82, 2.24) is 0 Å². The summed E-state index contributed by atoms with van der Waals surface area (Å²) in [5.41, 5.74) is 0.133. The number of hydrogen-bond donors (Lipinski definition) is 1. The van der Waals surface area contributed by atoms with E-state index in [2.05, 4.69) is 0 Å². The zero-order chi connectivity index (χ0) is 19.0. The van der Waals surface area contributed by atoms with Crippen LogP contribution in [0.5, 0.6) is 0 Å². The molecule has 3 aromatic carbocycles. The molecular formula is C20H13F5O. The molecular weight excluding hydrogens is 351 g/mol. The monoisotopic (exact) mass is 364 g/mol. The summed E-state index contributed by atoms with van der Waals surface area (Å²) in [6, 6.07) is 8.71. The molecule has 0 aliphatic heterocycles. The van der Waals surface area contributed by atoms with Crippen molar-refractivity contribution in [2.24, 2.45) is 0 Å². The number of hydrogen-bond acceptors (Lipinski definition) is 1. The van der Waals surface area contributed by atoms with Gasteiger partial charge in [0.2, 0.25) is 0 Å². The van der Waals surface area contributed by atoms with Crippen molar-refractivity contribution in [2.75, 3.05) is 0 Å². The average molecular weight is 364 g/mol. The largest absolute Gasteiger partial charge is 0.391 e. The van der Waals surface area contributed by atoms with Crippen molar-refractivity contribution >= 4 is 0 Å². The quantitative estimate of drug-likeness (QED) is 0.479. The second-order valence-electron chi connectivity index (χ2n) is 5.85. The second-order valence-corrected chi connectivity index (χ2v) is 5.85. The van der Waals surface area contributed by atoms with Gasteiger partial charge < -0.3 is 5.11 Å². The smallest absolute Gasteiger partial charge is 0.194 e. The van der Waals surface area contributed by atoms with Gasteiger partial charge in [-0.1, -0.05) is 29.8 Å². The number of rotatable bonds is 3. The van der Waals surface area contributed by atoms with E-state index in [1.54, 1.807) is 24.3 Å². The van der Waals surface area contributed by atoms with E-state index in [9.17, 15) is 27.1 Å². The topological polar surface area (TPSA) is 20.2 Å². The van der Waals surface area contributed by atoms with Crippen molar-refractivity contribution in [1.29, 1.82) is 0 Å². The van der Waals surface area contributed by atoms with Gasteiger partial charge in [-0.2, -0.15) is 0 Å². The fourth-order valence-corrected chi connectivity index (χ4v) is 2.75. The van der Waals surface area contributed by atoms with Gasteiger partial charge in [-0.15, -0.1) is 0 Å². The Balaban J connectivity index is 2.36. The Morgan fingerprint density at radius 1 is 0.731 bits per heavy atom. The Labute approximate surface area is 146 Å². The van der Waals surface area contributed by atoms with Gasteiger partial charge in [0.1, 0.15) is 11.6 Å². The highest BCUT2D eigenvalue weighted by Gasteiger charge is 2.22. The lowest BCUT2D eigenvalue weighted by Gasteiger charge is -2.15. The van der Waals surface area contributed by atoms with Crippen LogP contribution >= 0.6 is 0 Å². The molecule has 6 heteroatoms. The minimum atomic E-state index is -1.67. The molecule has 1 nitrogen and oxygen atoms in total. The Kier molecular flexibility index (Phi) is 4.78. The first-order chi connectivity index (χ1) is 12.3. The SMILES string of the molecule is Cc1ccc(-c2c(-c3cc(F)c(F)c(F)c3)cc(F)c(CO)c2F)cc1. The molecule has 0 heterocycles. The summed E-state index contributed by atoms with van der Waals surface area (Å²) in [7, 11) is 0. The molecule has 0 saturated heterocycles. The third kappa shape index (κ3) is 3.08. The fourth-order valence-electron chi connectivity index (χ4n) is 2.75. The fraction of sp³-hybridized carbons (Fsp3) is 0.100. The first-order valence-electron chi connectivity index (χ1n) is 7.67. The maximum Gasteiger partial charge on any atom is 0.194 e. The number of benzene rings is 3. The highest BCUT2D eigenvalue weighted by Crippen LogP contribution is 2.38. The first kappa shape index (κ1) is 18.1. The minimum absolute atomic E-state index is 0.138. The average Bonchev–Trinajstić information content (AvgIpc) is 2.60. The number of halogens is 5. The number of aryl methyl sites for hydroxylation is 1. The van der Waals surface area contributed by atoms with Crippen LogP contribution in [0.3, 0.4) is 0 Å². The molecule has 26 heavy (non-hydrogen) atoms. The standard InChI is InChI=1S/C20H13F5O/c1-10-2-4-11(5-3-10)18-13(8-15(21)14(9-26)19(18)24)12-6-16(22)20(25)17(23)7-12/h2-8,26H,9H2,1H3. The van der Waals surface area contributed by atoms with Crippen LogP contribution in [0.4, 0.5) is 22.0 Å². The van der Waals surface area contributed by atoms with Crippen molar-refractivity contribution in [3.05, 3.63) is 82.7 Å². The Bertz CT molecular complexity index is 957. The van der Waals surface area contributed by atoms with Crippen molar-refractivity contribution < 1.29 is 27.1 Å². The molecule has 0 aliphatic rings. The molecule has 0 aliphatic carbocycles. The van der Waals surface area contributed by atoms with E-state index in [0.29, 0.717) is 17.7 Å². The van der Waals surface area contributed by atoms with E-state index in [0.717, 1.165) is 11.6 Å². The number of aliphatic hydroxyl groups excluding tert-OH is 1. The maximum absolute atomic E-state index is 14.9. The van der Waals surface area contributed by atoms with Gasteiger partial charge in [-0.25, -0.2) is 22.0 Å². The van der Waals surface area contributed by atoms with Crippen LogP contribution in [0.1, 0.15) is 11.1 Å². The highest BCUT2D eigenvalue weighted by atomic mass is 19.2. The van der Waals surface area contributed by atoms with Crippen molar-refractivity contribution in [2.45, 2.75) is 13.5 Å². The van der Waals surface area contributed by atoms with Gasteiger partial charge in [-0.05, 0) is 41.8 Å². The summed E-state index contributed by atoms with van der Waals surface area (Å²) in [6.07, 6.45) is 0. The zero-order valence-electron chi connectivity index (χ0n) is 13.6. The maximum atomic E-state index is 14.9. The second kappa shape index (κ2) is 6.88. The van der Waals surface area contributed by atoms with E-state index >= 15 is 0 Å². The van der Waals surface area contributed by atoms with Gasteiger partial charge in [0.05, 0.1) is 6.61 Å². The minimum Gasteiger partial charge on any atom is -0.391 e. The lowest BCUT2D eigenvalue weighted by molar-refractivity contribution is 0.269. The van der Waals surface area contributed by atoms with Gasteiger partial charge in [-0.3, -0.25) is 0 Å². The molecule has 3 rings (SSSR count). The predicted octanol–water partition coefficient (Wildman–Crippen LogP) is 5.52. The lowest BCUT2D eigenvalue weighted by Crippen LogP contribution is -2.02. The zero-order valence-corrected chi connectivity index (χ0v) is 13.6. The molecule has 3 aromatic rings. The normalized spacial score (nSPS) is 11.0. The molecule has 0 aromatic heterocycles. The van der Waals surface area contributed by atoms with E-state index in [1.807, 2.05) is 6.92 Å². The van der Waals surface area contributed by atoms with Crippen LogP contribution in [-0.4, -0.2) is 5.11 Å². The van der Waals surface area contributed by atoms with E-state index in [-0.39, 0.29) is 16.7 Å². The molecule has 0 fully saturated rings. The van der Waals surface area contributed by atoms with E-state index in [4.69, 9.17) is 0 Å². The lowest BCUT2D eigenvalue weighted by atomic mass is 9.91. The van der Waals surface area contributed by atoms with Crippen LogP contribution < -0.4 is 0 Å². The summed E-state index contributed by atoms with van der Waals surface area (Å²) >= 11 is 0. The highest BCUT2D eigenvalue weighted by molar-refractivity contribution is 5.84. The van der Waals surface area contributed by atoms with Crippen LogP contribution in [0.25, 0.3) is 22.3 Å². The summed E-state index contributed by atoms with van der Waals surface area (Å²) in [6.45, 7) is 0.929. The third-order valence-electron chi connectivity index (χ3n) is 4.11. The summed E-state index contributed by atoms with van der Waals surface area (Å²) in [5.74, 6) is -6.72. The van der Waals surface area contributed by atoms with Crippen LogP contribution in [-0.2, 0) is 6.61 Å². The molecule has 0 atom stereocenters. The molecule has 0 amide bonds. The number of aliphatic hydroxyl groups is 1. The molecule has 0 unspecified atom stereocenters. The molecule has 1 N–H and O–H groups in total. The van der Waals surface area contributed by atoms with Crippen molar-refractivity contribution in [3.8, 4) is 22.3 Å². The van der Waals surface area contributed by atoms with Gasteiger partial charge in [0.15, 0.2) is 17.5 Å². The van der Waals surface area contributed by atoms with Gasteiger partial charge >= 0.3 is 0 Å². The van der Waals surface area contributed by atoms with Crippen LogP contribution in [0.2, 0.25) is 0 Å². The molecule has 0 spiro atoms. The van der Waals surface area contributed by atoms with E-state index < -0.39 is 41.3 Å². The van der Waals surface area contributed by atoms with Crippen LogP contribution in [0.15, 0.2) is 42.5 Å². The van der Waals surface area contributed by atoms with E-state index in [1.165, 1.54) is 0 Å². The Hall–Kier alpha value is -2.73. The molecule has 0 radical (unpaired) electrons. The predicted molar refractivity (Wildman–Crippen MR) is 87.8 cm³/mol. The Morgan fingerprint density at radius 3 is 1.85 bits per heavy atom. The summed E-state index contributed by atoms with van der Waals surface area (Å²) < 4.78 is 69.5. The van der Waals surface area contributed by atoms with Gasteiger partial charge in [0.25, 0.3) is 0 Å². The summed E-state index contributed by atoms with van der Waals surface area (Å²) in [4.78, 5) is 0. The molecule has 0 bridgehead atoms. The summed E-state index contributed by atoms with van der Waals surface area (Å²) in [5, 5.41) is 9.25. The molecule has 0 saturated carbocycles. The third-order valence-corrected chi connectivity index (χ3v) is 4.11. The van der Waals surface area contributed by atoms with Crippen molar-refractivity contribution in [3.63, 3.8) is 0 Å². The van der Waals surface area contributed by atoms with Gasteiger partial charge in [0, 0.05) is 11.1 Å². The first-order valence-corrected chi connectivity index (χ1v) is 7.67. The van der Waals surface area contributed by atoms with Crippen LogP contribution in [0, 0.1) is 36.0 Å². The Morgan fingerprint density at radius 2 is 1.31 bits per heavy atom.